The van der Waals surface area contributed by atoms with E-state index in [0.29, 0.717) is 12.5 Å². The lowest BCUT2D eigenvalue weighted by molar-refractivity contribution is 0.0928. The molecule has 1 aliphatic heterocycles. The van der Waals surface area contributed by atoms with Crippen LogP contribution in [0.3, 0.4) is 0 Å². The molecule has 3 nitrogen and oxygen atoms in total. The first-order valence-electron chi connectivity index (χ1n) is 5.73. The normalized spacial score (nSPS) is 23.1. The second-order valence-electron chi connectivity index (χ2n) is 4.60. The van der Waals surface area contributed by atoms with Gasteiger partial charge in [-0.15, -0.1) is 0 Å². The van der Waals surface area contributed by atoms with Crippen molar-refractivity contribution < 1.29 is 9.53 Å². The average Bonchev–Trinajstić information content (AvgIpc) is 3.08. The van der Waals surface area contributed by atoms with Crippen molar-refractivity contribution in [2.24, 2.45) is 0 Å². The van der Waals surface area contributed by atoms with Gasteiger partial charge < -0.3 is 10.1 Å². The predicted octanol–water partition coefficient (Wildman–Crippen LogP) is 1.99. The lowest BCUT2D eigenvalue weighted by atomic mass is 10.0. The van der Waals surface area contributed by atoms with E-state index in [1.165, 1.54) is 18.4 Å². The van der Waals surface area contributed by atoms with Crippen molar-refractivity contribution in [1.82, 2.24) is 5.32 Å². The summed E-state index contributed by atoms with van der Waals surface area (Å²) in [5.74, 6) is 0.735. The molecule has 1 N–H and O–H groups in total. The summed E-state index contributed by atoms with van der Waals surface area (Å²) in [6.07, 6.45) is 2.53. The van der Waals surface area contributed by atoms with Gasteiger partial charge in [-0.1, -0.05) is 12.1 Å². The quantitative estimate of drug-likeness (QED) is 0.841. The van der Waals surface area contributed by atoms with E-state index in [1.54, 1.807) is 7.11 Å². The van der Waals surface area contributed by atoms with Crippen LogP contribution in [-0.4, -0.2) is 19.6 Å². The number of ether oxygens (including phenoxy) is 1. The standard InChI is InChI=1S/C13H15NO2/c1-16-7-12-10-5-4-9(8-2-3-8)6-11(10)13(15)14-12/h4-6,8,12H,2-3,7H2,1H3,(H,14,15). The van der Waals surface area contributed by atoms with E-state index in [0.717, 1.165) is 11.1 Å². The van der Waals surface area contributed by atoms with Gasteiger partial charge in [0.2, 0.25) is 0 Å². The van der Waals surface area contributed by atoms with Gasteiger partial charge in [0.05, 0.1) is 12.6 Å². The molecule has 0 saturated heterocycles. The minimum absolute atomic E-state index is 0.0285. The lowest BCUT2D eigenvalue weighted by Crippen LogP contribution is -2.22. The summed E-state index contributed by atoms with van der Waals surface area (Å²) in [6.45, 7) is 0.543. The van der Waals surface area contributed by atoms with Crippen LogP contribution in [0.5, 0.6) is 0 Å². The van der Waals surface area contributed by atoms with E-state index in [1.807, 2.05) is 0 Å². The zero-order valence-electron chi connectivity index (χ0n) is 9.32. The van der Waals surface area contributed by atoms with Gasteiger partial charge in [-0.05, 0) is 36.0 Å². The Morgan fingerprint density at radius 1 is 1.44 bits per heavy atom. The second kappa shape index (κ2) is 3.59. The minimum Gasteiger partial charge on any atom is -0.382 e. The molecule has 1 heterocycles. The molecular weight excluding hydrogens is 202 g/mol. The highest BCUT2D eigenvalue weighted by atomic mass is 16.5. The van der Waals surface area contributed by atoms with Crippen molar-refractivity contribution >= 4 is 5.91 Å². The number of benzene rings is 1. The van der Waals surface area contributed by atoms with Crippen LogP contribution in [0.2, 0.25) is 0 Å². The molecule has 1 aliphatic carbocycles. The number of nitrogens with one attached hydrogen (secondary N) is 1. The molecule has 1 fully saturated rings. The first-order chi connectivity index (χ1) is 7.79. The molecule has 84 valence electrons. The van der Waals surface area contributed by atoms with Gasteiger partial charge in [0.25, 0.3) is 5.91 Å². The average molecular weight is 217 g/mol. The maximum Gasteiger partial charge on any atom is 0.252 e. The van der Waals surface area contributed by atoms with Crippen LogP contribution in [0.1, 0.15) is 46.3 Å². The molecule has 1 atom stereocenters. The molecular formula is C13H15NO2. The Morgan fingerprint density at radius 2 is 2.25 bits per heavy atom. The third kappa shape index (κ3) is 1.52. The van der Waals surface area contributed by atoms with E-state index in [2.05, 4.69) is 23.5 Å². The summed E-state index contributed by atoms with van der Waals surface area (Å²) >= 11 is 0. The van der Waals surface area contributed by atoms with Crippen molar-refractivity contribution in [2.45, 2.75) is 24.8 Å². The summed E-state index contributed by atoms with van der Waals surface area (Å²) < 4.78 is 5.11. The smallest absolute Gasteiger partial charge is 0.252 e. The number of amides is 1. The fourth-order valence-corrected chi connectivity index (χ4v) is 2.36. The fourth-order valence-electron chi connectivity index (χ4n) is 2.36. The summed E-state index contributed by atoms with van der Waals surface area (Å²) in [4.78, 5) is 11.8. The number of hydrogen-bond donors (Lipinski definition) is 1. The molecule has 0 radical (unpaired) electrons. The Hall–Kier alpha value is -1.35. The topological polar surface area (TPSA) is 38.3 Å². The monoisotopic (exact) mass is 217 g/mol. The van der Waals surface area contributed by atoms with E-state index >= 15 is 0 Å². The van der Waals surface area contributed by atoms with Crippen molar-refractivity contribution in [3.63, 3.8) is 0 Å². The third-order valence-corrected chi connectivity index (χ3v) is 3.38. The fraction of sp³-hybridized carbons (Fsp3) is 0.462. The van der Waals surface area contributed by atoms with Crippen molar-refractivity contribution in [3.05, 3.63) is 34.9 Å². The highest BCUT2D eigenvalue weighted by molar-refractivity contribution is 5.99. The molecule has 3 rings (SSSR count). The van der Waals surface area contributed by atoms with Gasteiger partial charge in [0, 0.05) is 12.7 Å². The van der Waals surface area contributed by atoms with Crippen LogP contribution >= 0.6 is 0 Å². The van der Waals surface area contributed by atoms with Crippen LogP contribution < -0.4 is 5.32 Å². The Kier molecular flexibility index (Phi) is 2.21. The summed E-state index contributed by atoms with van der Waals surface area (Å²) in [6, 6.07) is 6.31. The molecule has 1 unspecified atom stereocenters. The zero-order valence-corrected chi connectivity index (χ0v) is 9.32. The van der Waals surface area contributed by atoms with Gasteiger partial charge in [0.15, 0.2) is 0 Å². The first kappa shape index (κ1) is 9.85. The number of carbonyl (C=O) groups is 1. The molecule has 3 heteroatoms. The minimum atomic E-state index is 0.0285. The van der Waals surface area contributed by atoms with Gasteiger partial charge in [-0.2, -0.15) is 0 Å². The lowest BCUT2D eigenvalue weighted by Gasteiger charge is -2.10. The zero-order chi connectivity index (χ0) is 11.1. The molecule has 16 heavy (non-hydrogen) atoms. The number of fused-ring (bicyclic) bond motifs is 1. The molecule has 0 bridgehead atoms. The van der Waals surface area contributed by atoms with Gasteiger partial charge in [-0.25, -0.2) is 0 Å². The summed E-state index contributed by atoms with van der Waals surface area (Å²) in [5, 5.41) is 2.94. The first-order valence-corrected chi connectivity index (χ1v) is 5.73. The molecule has 0 aromatic heterocycles. The highest BCUT2D eigenvalue weighted by Crippen LogP contribution is 2.41. The van der Waals surface area contributed by atoms with E-state index < -0.39 is 0 Å². The maximum atomic E-state index is 11.8. The largest absolute Gasteiger partial charge is 0.382 e. The van der Waals surface area contributed by atoms with Crippen molar-refractivity contribution in [1.29, 1.82) is 0 Å². The summed E-state index contributed by atoms with van der Waals surface area (Å²) in [5.41, 5.74) is 3.23. The number of rotatable bonds is 3. The molecule has 2 aliphatic rings. The van der Waals surface area contributed by atoms with Crippen LogP contribution in [0.4, 0.5) is 0 Å². The number of hydrogen-bond acceptors (Lipinski definition) is 2. The SMILES string of the molecule is COCC1NC(=O)c2cc(C3CC3)ccc21. The number of carbonyl (C=O) groups excluding carboxylic acids is 1. The third-order valence-electron chi connectivity index (χ3n) is 3.38. The second-order valence-corrected chi connectivity index (χ2v) is 4.60. The molecule has 0 spiro atoms. The molecule has 1 aromatic carbocycles. The summed E-state index contributed by atoms with van der Waals surface area (Å²) in [7, 11) is 1.66. The molecule has 1 aromatic rings. The highest BCUT2D eigenvalue weighted by Gasteiger charge is 2.31. The Bertz CT molecular complexity index is 438. The van der Waals surface area contributed by atoms with E-state index in [4.69, 9.17) is 4.74 Å². The molecule has 1 amide bonds. The van der Waals surface area contributed by atoms with Crippen LogP contribution in [0.15, 0.2) is 18.2 Å². The Morgan fingerprint density at radius 3 is 2.94 bits per heavy atom. The van der Waals surface area contributed by atoms with Gasteiger partial charge in [0.1, 0.15) is 0 Å². The van der Waals surface area contributed by atoms with E-state index in [-0.39, 0.29) is 11.9 Å². The van der Waals surface area contributed by atoms with Crippen LogP contribution in [0.25, 0.3) is 0 Å². The Labute approximate surface area is 94.8 Å². The van der Waals surface area contributed by atoms with Gasteiger partial charge in [-0.3, -0.25) is 4.79 Å². The Balaban J connectivity index is 1.96. The number of methoxy groups -OCH3 is 1. The van der Waals surface area contributed by atoms with Crippen molar-refractivity contribution in [2.75, 3.05) is 13.7 Å². The van der Waals surface area contributed by atoms with E-state index in [9.17, 15) is 4.79 Å². The van der Waals surface area contributed by atoms with Crippen molar-refractivity contribution in [3.8, 4) is 0 Å². The molecule has 1 saturated carbocycles. The van der Waals surface area contributed by atoms with Crippen LogP contribution in [-0.2, 0) is 4.74 Å². The predicted molar refractivity (Wildman–Crippen MR) is 60.5 cm³/mol. The van der Waals surface area contributed by atoms with Gasteiger partial charge >= 0.3 is 0 Å². The maximum absolute atomic E-state index is 11.8. The van der Waals surface area contributed by atoms with Crippen LogP contribution in [0, 0.1) is 0 Å².